The third-order valence-corrected chi connectivity index (χ3v) is 5.16. The fraction of sp³-hybridized carbons (Fsp3) is 0.200. The minimum absolute atomic E-state index is 0.180. The van der Waals surface area contributed by atoms with E-state index in [1.54, 1.807) is 29.3 Å². The molecule has 0 fully saturated rings. The van der Waals surface area contributed by atoms with Gasteiger partial charge in [-0.05, 0) is 38.5 Å². The van der Waals surface area contributed by atoms with Crippen molar-refractivity contribution in [3.8, 4) is 16.6 Å². The van der Waals surface area contributed by atoms with Gasteiger partial charge in [0.15, 0.2) is 16.6 Å². The van der Waals surface area contributed by atoms with Gasteiger partial charge in [0.05, 0.1) is 11.6 Å². The highest BCUT2D eigenvalue weighted by Gasteiger charge is 2.18. The zero-order valence-electron chi connectivity index (χ0n) is 16.2. The van der Waals surface area contributed by atoms with Crippen LogP contribution in [0, 0.1) is 13.8 Å². The van der Waals surface area contributed by atoms with E-state index in [-0.39, 0.29) is 11.8 Å². The van der Waals surface area contributed by atoms with Gasteiger partial charge in [0.2, 0.25) is 5.91 Å². The van der Waals surface area contributed by atoms with Crippen molar-refractivity contribution in [2.75, 3.05) is 5.32 Å². The SMILES string of the molecule is Cc1cc(C)n(-c2cc(NC(=O)C(C)c3cccnc3)nc(-c3nccs3)n2)n1. The zero-order chi connectivity index (χ0) is 20.4. The molecule has 146 valence electrons. The van der Waals surface area contributed by atoms with Crippen LogP contribution in [0.2, 0.25) is 0 Å². The minimum atomic E-state index is -0.376. The number of aryl methyl sites for hydroxylation is 2. The molecule has 0 saturated heterocycles. The van der Waals surface area contributed by atoms with E-state index in [0.29, 0.717) is 22.5 Å². The van der Waals surface area contributed by atoms with Crippen molar-refractivity contribution in [3.05, 3.63) is 65.2 Å². The van der Waals surface area contributed by atoms with Gasteiger partial charge in [-0.15, -0.1) is 11.3 Å². The second kappa shape index (κ2) is 7.88. The summed E-state index contributed by atoms with van der Waals surface area (Å²) in [7, 11) is 0. The fourth-order valence-electron chi connectivity index (χ4n) is 2.92. The number of hydrogen-bond donors (Lipinski definition) is 1. The van der Waals surface area contributed by atoms with Crippen molar-refractivity contribution in [1.82, 2.24) is 29.7 Å². The maximum Gasteiger partial charge on any atom is 0.232 e. The Morgan fingerprint density at radius 2 is 2.07 bits per heavy atom. The molecular weight excluding hydrogens is 386 g/mol. The van der Waals surface area contributed by atoms with Gasteiger partial charge >= 0.3 is 0 Å². The average Bonchev–Trinajstić information content (AvgIpc) is 3.37. The van der Waals surface area contributed by atoms with E-state index >= 15 is 0 Å². The van der Waals surface area contributed by atoms with E-state index in [4.69, 9.17) is 0 Å². The van der Waals surface area contributed by atoms with Gasteiger partial charge in [-0.3, -0.25) is 9.78 Å². The summed E-state index contributed by atoms with van der Waals surface area (Å²) in [5, 5.41) is 9.92. The molecule has 9 heteroatoms. The van der Waals surface area contributed by atoms with Crippen LogP contribution >= 0.6 is 11.3 Å². The summed E-state index contributed by atoms with van der Waals surface area (Å²) < 4.78 is 1.73. The highest BCUT2D eigenvalue weighted by atomic mass is 32.1. The number of pyridine rings is 1. The minimum Gasteiger partial charge on any atom is -0.310 e. The lowest BCUT2D eigenvalue weighted by atomic mass is 10.0. The van der Waals surface area contributed by atoms with Crippen LogP contribution in [0.1, 0.15) is 29.8 Å². The molecule has 0 radical (unpaired) electrons. The standard InChI is InChI=1S/C20H19N7OS/c1-12-9-13(2)27(26-12)17-10-16(23-18(25-17)20-22-7-8-29-20)24-19(28)14(3)15-5-4-6-21-11-15/h4-11,14H,1-3H3,(H,23,24,25,28). The molecule has 0 aliphatic rings. The van der Waals surface area contributed by atoms with Gasteiger partial charge in [-0.25, -0.2) is 19.6 Å². The van der Waals surface area contributed by atoms with Crippen LogP contribution in [0.15, 0.2) is 48.2 Å². The lowest BCUT2D eigenvalue weighted by Crippen LogP contribution is -2.20. The number of nitrogens with one attached hydrogen (secondary N) is 1. The molecule has 0 bridgehead atoms. The Morgan fingerprint density at radius 3 is 2.72 bits per heavy atom. The Morgan fingerprint density at radius 1 is 1.21 bits per heavy atom. The van der Waals surface area contributed by atoms with Crippen LogP contribution in [0.25, 0.3) is 16.6 Å². The van der Waals surface area contributed by atoms with E-state index in [1.807, 2.05) is 44.4 Å². The van der Waals surface area contributed by atoms with Crippen LogP contribution < -0.4 is 5.32 Å². The molecule has 4 heterocycles. The summed E-state index contributed by atoms with van der Waals surface area (Å²) >= 11 is 1.43. The predicted octanol–water partition coefficient (Wildman–Crippen LogP) is 3.54. The average molecular weight is 405 g/mol. The second-order valence-corrected chi connectivity index (χ2v) is 7.50. The fourth-order valence-corrected chi connectivity index (χ4v) is 3.48. The highest BCUT2D eigenvalue weighted by Crippen LogP contribution is 2.23. The number of amides is 1. The third kappa shape index (κ3) is 4.04. The predicted molar refractivity (Wildman–Crippen MR) is 111 cm³/mol. The number of rotatable bonds is 5. The number of hydrogen-bond acceptors (Lipinski definition) is 7. The maximum atomic E-state index is 12.8. The molecule has 0 aromatic carbocycles. The first-order chi connectivity index (χ1) is 14.0. The summed E-state index contributed by atoms with van der Waals surface area (Å²) in [6.45, 7) is 5.70. The number of thiazole rings is 1. The van der Waals surface area contributed by atoms with Crippen molar-refractivity contribution in [1.29, 1.82) is 0 Å². The first-order valence-electron chi connectivity index (χ1n) is 9.04. The van der Waals surface area contributed by atoms with Crippen molar-refractivity contribution >= 4 is 23.1 Å². The van der Waals surface area contributed by atoms with E-state index in [2.05, 4.69) is 30.4 Å². The Bertz CT molecular complexity index is 1140. The lowest BCUT2D eigenvalue weighted by molar-refractivity contribution is -0.117. The Labute approximate surface area is 171 Å². The van der Waals surface area contributed by atoms with Crippen molar-refractivity contribution < 1.29 is 4.79 Å². The normalized spacial score (nSPS) is 12.0. The molecule has 1 N–H and O–H groups in total. The molecule has 0 aliphatic heterocycles. The van der Waals surface area contributed by atoms with Gasteiger partial charge in [-0.1, -0.05) is 6.07 Å². The second-order valence-electron chi connectivity index (χ2n) is 6.61. The smallest absolute Gasteiger partial charge is 0.232 e. The highest BCUT2D eigenvalue weighted by molar-refractivity contribution is 7.13. The molecule has 4 aromatic heterocycles. The quantitative estimate of drug-likeness (QED) is 0.545. The number of aromatic nitrogens is 6. The van der Waals surface area contributed by atoms with Gasteiger partial charge in [0.1, 0.15) is 5.82 Å². The summed E-state index contributed by atoms with van der Waals surface area (Å²) in [5.74, 6) is 0.850. The third-order valence-electron chi connectivity index (χ3n) is 4.39. The Hall–Kier alpha value is -3.46. The van der Waals surface area contributed by atoms with Crippen molar-refractivity contribution in [3.63, 3.8) is 0 Å². The monoisotopic (exact) mass is 405 g/mol. The summed E-state index contributed by atoms with van der Waals surface area (Å²) in [6.07, 6.45) is 5.06. The van der Waals surface area contributed by atoms with Gasteiger partial charge in [-0.2, -0.15) is 5.10 Å². The zero-order valence-corrected chi connectivity index (χ0v) is 17.0. The lowest BCUT2D eigenvalue weighted by Gasteiger charge is -2.13. The van der Waals surface area contributed by atoms with E-state index in [9.17, 15) is 4.79 Å². The van der Waals surface area contributed by atoms with Gasteiger partial charge in [0, 0.05) is 35.7 Å². The topological polar surface area (TPSA) is 98.5 Å². The maximum absolute atomic E-state index is 12.8. The molecule has 0 aliphatic carbocycles. The molecule has 0 spiro atoms. The van der Waals surface area contributed by atoms with Crippen molar-refractivity contribution in [2.45, 2.75) is 26.7 Å². The number of anilines is 1. The molecule has 1 amide bonds. The Kier molecular flexibility index (Phi) is 5.13. The summed E-state index contributed by atoms with van der Waals surface area (Å²) in [6, 6.07) is 7.36. The molecule has 4 rings (SSSR count). The summed E-state index contributed by atoms with van der Waals surface area (Å²) in [4.78, 5) is 30.3. The van der Waals surface area contributed by atoms with Crippen molar-refractivity contribution in [2.24, 2.45) is 0 Å². The molecule has 4 aromatic rings. The van der Waals surface area contributed by atoms with Crippen LogP contribution in [-0.2, 0) is 4.79 Å². The van der Waals surface area contributed by atoms with Crippen LogP contribution in [-0.4, -0.2) is 35.6 Å². The largest absolute Gasteiger partial charge is 0.310 e. The van der Waals surface area contributed by atoms with Crippen LogP contribution in [0.4, 0.5) is 5.82 Å². The molecule has 29 heavy (non-hydrogen) atoms. The molecular formula is C20H19N7OS. The van der Waals surface area contributed by atoms with Gasteiger partial charge in [0.25, 0.3) is 0 Å². The van der Waals surface area contributed by atoms with Gasteiger partial charge < -0.3 is 5.32 Å². The number of carbonyl (C=O) groups is 1. The molecule has 0 saturated carbocycles. The van der Waals surface area contributed by atoms with Crippen LogP contribution in [0.3, 0.4) is 0 Å². The van der Waals surface area contributed by atoms with E-state index in [1.165, 1.54) is 11.3 Å². The summed E-state index contributed by atoms with van der Waals surface area (Å²) in [5.41, 5.74) is 2.65. The molecule has 1 atom stereocenters. The Balaban J connectivity index is 1.71. The number of carbonyl (C=O) groups excluding carboxylic acids is 1. The van der Waals surface area contributed by atoms with E-state index in [0.717, 1.165) is 17.0 Å². The first-order valence-corrected chi connectivity index (χ1v) is 9.92. The molecule has 8 nitrogen and oxygen atoms in total. The first kappa shape index (κ1) is 18.9. The molecule has 1 unspecified atom stereocenters. The van der Waals surface area contributed by atoms with E-state index < -0.39 is 0 Å². The number of nitrogens with zero attached hydrogens (tertiary/aromatic N) is 6. The van der Waals surface area contributed by atoms with Crippen LogP contribution in [0.5, 0.6) is 0 Å².